The number of carbonyl (C=O) groups excluding carboxylic acids is 1. The minimum atomic E-state index is -0.164. The first-order valence-corrected chi connectivity index (χ1v) is 8.59. The van der Waals surface area contributed by atoms with Crippen LogP contribution < -0.4 is 4.74 Å². The second kappa shape index (κ2) is 6.56. The molecule has 0 fully saturated rings. The maximum absolute atomic E-state index is 13.3. The van der Waals surface area contributed by atoms with Gasteiger partial charge in [0.2, 0.25) is 0 Å². The van der Waals surface area contributed by atoms with Gasteiger partial charge in [0.25, 0.3) is 0 Å². The SMILES string of the molecule is COc1ccc(C2C(=O)c3ccccc3CC2c2ccccc2)cc1. The zero-order valence-corrected chi connectivity index (χ0v) is 14.2. The summed E-state index contributed by atoms with van der Waals surface area (Å²) >= 11 is 0. The van der Waals surface area contributed by atoms with Gasteiger partial charge in [0, 0.05) is 11.5 Å². The van der Waals surface area contributed by atoms with Crippen LogP contribution in [-0.2, 0) is 6.42 Å². The highest BCUT2D eigenvalue weighted by molar-refractivity contribution is 6.04. The van der Waals surface area contributed by atoms with Crippen LogP contribution in [0.25, 0.3) is 0 Å². The molecule has 2 unspecified atom stereocenters. The van der Waals surface area contributed by atoms with Crippen LogP contribution in [0.15, 0.2) is 78.9 Å². The van der Waals surface area contributed by atoms with E-state index in [0.717, 1.165) is 28.9 Å². The summed E-state index contributed by atoms with van der Waals surface area (Å²) in [6.07, 6.45) is 0.878. The van der Waals surface area contributed by atoms with Gasteiger partial charge >= 0.3 is 0 Å². The number of carbonyl (C=O) groups is 1. The predicted octanol–water partition coefficient (Wildman–Crippen LogP) is 5.00. The summed E-state index contributed by atoms with van der Waals surface area (Å²) in [5, 5.41) is 0. The number of Topliss-reactive ketones (excluding diaryl/α,β-unsaturated/α-hetero) is 1. The maximum Gasteiger partial charge on any atom is 0.171 e. The van der Waals surface area contributed by atoms with Crippen molar-refractivity contribution in [3.8, 4) is 5.75 Å². The molecule has 2 heteroatoms. The number of hydrogen-bond donors (Lipinski definition) is 0. The fourth-order valence-corrected chi connectivity index (χ4v) is 3.85. The second-order valence-corrected chi connectivity index (χ2v) is 6.49. The van der Waals surface area contributed by atoms with E-state index in [0.29, 0.717) is 0 Å². The molecule has 0 bridgehead atoms. The number of methoxy groups -OCH3 is 1. The van der Waals surface area contributed by atoms with Crippen molar-refractivity contribution in [2.45, 2.75) is 18.3 Å². The molecule has 1 aliphatic carbocycles. The average Bonchev–Trinajstić information content (AvgIpc) is 2.69. The standard InChI is InChI=1S/C23H20O2/c1-25-19-13-11-17(12-14-19)22-21(16-7-3-2-4-8-16)15-18-9-5-6-10-20(18)23(22)24/h2-14,21-22H,15H2,1H3. The van der Waals surface area contributed by atoms with Crippen LogP contribution in [0, 0.1) is 0 Å². The molecule has 0 saturated heterocycles. The lowest BCUT2D eigenvalue weighted by atomic mass is 9.69. The third kappa shape index (κ3) is 2.85. The van der Waals surface area contributed by atoms with Gasteiger partial charge in [-0.15, -0.1) is 0 Å². The van der Waals surface area contributed by atoms with Crippen LogP contribution in [0.3, 0.4) is 0 Å². The van der Waals surface area contributed by atoms with E-state index in [9.17, 15) is 4.79 Å². The Bertz CT molecular complexity index is 881. The Balaban J connectivity index is 1.83. The van der Waals surface area contributed by atoms with Crippen molar-refractivity contribution in [1.29, 1.82) is 0 Å². The Morgan fingerprint density at radius 1 is 0.800 bits per heavy atom. The maximum atomic E-state index is 13.3. The third-order valence-corrected chi connectivity index (χ3v) is 5.11. The van der Waals surface area contributed by atoms with Gasteiger partial charge in [-0.1, -0.05) is 66.7 Å². The van der Waals surface area contributed by atoms with Gasteiger partial charge in [-0.2, -0.15) is 0 Å². The number of benzene rings is 3. The number of rotatable bonds is 3. The van der Waals surface area contributed by atoms with Crippen molar-refractivity contribution in [3.05, 3.63) is 101 Å². The number of fused-ring (bicyclic) bond motifs is 1. The van der Waals surface area contributed by atoms with E-state index in [1.165, 1.54) is 5.56 Å². The molecule has 0 amide bonds. The van der Waals surface area contributed by atoms with E-state index in [-0.39, 0.29) is 17.6 Å². The monoisotopic (exact) mass is 328 g/mol. The van der Waals surface area contributed by atoms with Crippen LogP contribution in [-0.4, -0.2) is 12.9 Å². The molecular formula is C23H20O2. The molecule has 3 aromatic rings. The molecular weight excluding hydrogens is 308 g/mol. The molecule has 0 aliphatic heterocycles. The molecule has 0 spiro atoms. The van der Waals surface area contributed by atoms with Crippen LogP contribution in [0.1, 0.15) is 38.9 Å². The Morgan fingerprint density at radius 3 is 2.20 bits per heavy atom. The molecule has 0 saturated carbocycles. The highest BCUT2D eigenvalue weighted by Crippen LogP contribution is 2.43. The van der Waals surface area contributed by atoms with E-state index in [1.807, 2.05) is 60.7 Å². The Hall–Kier alpha value is -2.87. The summed E-state index contributed by atoms with van der Waals surface area (Å²) in [6.45, 7) is 0. The third-order valence-electron chi connectivity index (χ3n) is 5.11. The summed E-state index contributed by atoms with van der Waals surface area (Å²) in [5.41, 5.74) is 4.27. The largest absolute Gasteiger partial charge is 0.497 e. The van der Waals surface area contributed by atoms with Gasteiger partial charge in [0.15, 0.2) is 5.78 Å². The lowest BCUT2D eigenvalue weighted by molar-refractivity contribution is 0.0935. The molecule has 2 atom stereocenters. The normalized spacial score (nSPS) is 19.3. The molecule has 4 rings (SSSR count). The predicted molar refractivity (Wildman–Crippen MR) is 99.4 cm³/mol. The Labute approximate surface area is 148 Å². The highest BCUT2D eigenvalue weighted by Gasteiger charge is 2.37. The van der Waals surface area contributed by atoms with Crippen molar-refractivity contribution in [1.82, 2.24) is 0 Å². The van der Waals surface area contributed by atoms with E-state index >= 15 is 0 Å². The molecule has 0 heterocycles. The highest BCUT2D eigenvalue weighted by atomic mass is 16.5. The quantitative estimate of drug-likeness (QED) is 0.676. The van der Waals surface area contributed by atoms with Gasteiger partial charge in [0.1, 0.15) is 5.75 Å². The van der Waals surface area contributed by atoms with Crippen molar-refractivity contribution >= 4 is 5.78 Å². The molecule has 3 aromatic carbocycles. The van der Waals surface area contributed by atoms with Gasteiger partial charge < -0.3 is 4.74 Å². The van der Waals surface area contributed by atoms with E-state index in [1.54, 1.807) is 7.11 Å². The molecule has 0 aromatic heterocycles. The smallest absolute Gasteiger partial charge is 0.171 e. The summed E-state index contributed by atoms with van der Waals surface area (Å²) in [5.74, 6) is 1.00. The van der Waals surface area contributed by atoms with Crippen LogP contribution >= 0.6 is 0 Å². The van der Waals surface area contributed by atoms with E-state index < -0.39 is 0 Å². The first kappa shape index (κ1) is 15.6. The summed E-state index contributed by atoms with van der Waals surface area (Å²) < 4.78 is 5.27. The van der Waals surface area contributed by atoms with E-state index in [2.05, 4.69) is 18.2 Å². The van der Waals surface area contributed by atoms with Gasteiger partial charge in [0.05, 0.1) is 13.0 Å². The number of ether oxygens (including phenoxy) is 1. The molecule has 0 radical (unpaired) electrons. The summed E-state index contributed by atoms with van der Waals surface area (Å²) in [6, 6.07) is 26.3. The Morgan fingerprint density at radius 2 is 1.48 bits per heavy atom. The van der Waals surface area contributed by atoms with E-state index in [4.69, 9.17) is 4.74 Å². The molecule has 1 aliphatic rings. The van der Waals surface area contributed by atoms with Crippen molar-refractivity contribution in [2.24, 2.45) is 0 Å². The lowest BCUT2D eigenvalue weighted by Gasteiger charge is -2.32. The Kier molecular flexibility index (Phi) is 4.10. The van der Waals surface area contributed by atoms with Crippen LogP contribution in [0.4, 0.5) is 0 Å². The minimum Gasteiger partial charge on any atom is -0.497 e. The molecule has 124 valence electrons. The average molecular weight is 328 g/mol. The number of hydrogen-bond acceptors (Lipinski definition) is 2. The van der Waals surface area contributed by atoms with Gasteiger partial charge in [-0.25, -0.2) is 0 Å². The zero-order chi connectivity index (χ0) is 17.2. The fourth-order valence-electron chi connectivity index (χ4n) is 3.85. The first-order valence-electron chi connectivity index (χ1n) is 8.59. The summed E-state index contributed by atoms with van der Waals surface area (Å²) in [4.78, 5) is 13.3. The van der Waals surface area contributed by atoms with Crippen molar-refractivity contribution in [2.75, 3.05) is 7.11 Å². The number of ketones is 1. The van der Waals surface area contributed by atoms with Crippen LogP contribution in [0.5, 0.6) is 5.75 Å². The van der Waals surface area contributed by atoms with Crippen molar-refractivity contribution < 1.29 is 9.53 Å². The van der Waals surface area contributed by atoms with Gasteiger partial charge in [-0.3, -0.25) is 4.79 Å². The molecule has 2 nitrogen and oxygen atoms in total. The second-order valence-electron chi connectivity index (χ2n) is 6.49. The zero-order valence-electron chi connectivity index (χ0n) is 14.2. The van der Waals surface area contributed by atoms with Crippen LogP contribution in [0.2, 0.25) is 0 Å². The molecule has 0 N–H and O–H groups in total. The van der Waals surface area contributed by atoms with Crippen molar-refractivity contribution in [3.63, 3.8) is 0 Å². The first-order chi connectivity index (χ1) is 12.3. The van der Waals surface area contributed by atoms with Gasteiger partial charge in [-0.05, 0) is 35.2 Å². The minimum absolute atomic E-state index is 0.150. The fraction of sp³-hybridized carbons (Fsp3) is 0.174. The topological polar surface area (TPSA) is 26.3 Å². The molecule has 25 heavy (non-hydrogen) atoms. The lowest BCUT2D eigenvalue weighted by Crippen LogP contribution is -2.28. The summed E-state index contributed by atoms with van der Waals surface area (Å²) in [7, 11) is 1.66.